The number of rotatable bonds is 4. The van der Waals surface area contributed by atoms with Gasteiger partial charge in [-0.1, -0.05) is 0 Å². The molecule has 1 aliphatic carbocycles. The second kappa shape index (κ2) is 4.72. The monoisotopic (exact) mass is 202 g/mol. The molecule has 0 aromatic rings. The Kier molecular flexibility index (Phi) is 3.86. The van der Waals surface area contributed by atoms with E-state index in [1.165, 1.54) is 0 Å². The van der Waals surface area contributed by atoms with Crippen molar-refractivity contribution < 1.29 is 14.3 Å². The number of carbonyl (C=O) groups excluding carboxylic acids is 1. The molecule has 1 aliphatic rings. The van der Waals surface area contributed by atoms with Crippen LogP contribution in [-0.4, -0.2) is 45.4 Å². The van der Waals surface area contributed by atoms with Gasteiger partial charge in [-0.3, -0.25) is 4.79 Å². The van der Waals surface area contributed by atoms with Gasteiger partial charge in [0, 0.05) is 20.3 Å². The number of nitrogens with two attached hydrogens (primary N) is 1. The number of carbonyl (C=O) groups is 1. The third kappa shape index (κ3) is 1.89. The highest BCUT2D eigenvalue weighted by Crippen LogP contribution is 2.30. The highest BCUT2D eigenvalue weighted by atomic mass is 16.5. The first-order chi connectivity index (χ1) is 6.65. The van der Waals surface area contributed by atoms with Crippen LogP contribution in [0.2, 0.25) is 0 Å². The second-order valence-corrected chi connectivity index (χ2v) is 3.54. The summed E-state index contributed by atoms with van der Waals surface area (Å²) in [5, 5.41) is 3.10. The molecule has 3 N–H and O–H groups in total. The number of primary amides is 1. The predicted octanol–water partition coefficient (Wildman–Crippen LogP) is -0.890. The first-order valence-electron chi connectivity index (χ1n) is 4.67. The number of amides is 1. The quantitative estimate of drug-likeness (QED) is 0.620. The second-order valence-electron chi connectivity index (χ2n) is 3.54. The molecule has 0 saturated heterocycles. The first-order valence-corrected chi connectivity index (χ1v) is 4.67. The number of hydrogen-bond donors (Lipinski definition) is 2. The van der Waals surface area contributed by atoms with Crippen molar-refractivity contribution in [1.82, 2.24) is 5.32 Å². The van der Waals surface area contributed by atoms with E-state index < -0.39 is 0 Å². The zero-order chi connectivity index (χ0) is 10.7. The van der Waals surface area contributed by atoms with Gasteiger partial charge in [0.05, 0.1) is 18.1 Å². The van der Waals surface area contributed by atoms with Crippen molar-refractivity contribution >= 4 is 5.91 Å². The van der Waals surface area contributed by atoms with Gasteiger partial charge in [0.15, 0.2) is 0 Å². The molecule has 1 rings (SSSR count). The molecule has 0 aromatic carbocycles. The van der Waals surface area contributed by atoms with Gasteiger partial charge in [-0.2, -0.15) is 0 Å². The summed E-state index contributed by atoms with van der Waals surface area (Å²) in [5.74, 6) is -0.584. The zero-order valence-electron chi connectivity index (χ0n) is 8.82. The van der Waals surface area contributed by atoms with E-state index in [9.17, 15) is 4.79 Å². The highest BCUT2D eigenvalue weighted by molar-refractivity contribution is 5.78. The van der Waals surface area contributed by atoms with E-state index >= 15 is 0 Å². The van der Waals surface area contributed by atoms with Crippen molar-refractivity contribution in [3.8, 4) is 0 Å². The van der Waals surface area contributed by atoms with Crippen LogP contribution in [0.1, 0.15) is 6.42 Å². The van der Waals surface area contributed by atoms with Crippen molar-refractivity contribution in [3.05, 3.63) is 0 Å². The molecule has 1 saturated carbocycles. The molecule has 1 amide bonds. The maximum absolute atomic E-state index is 11.2. The molecule has 0 unspecified atom stereocenters. The summed E-state index contributed by atoms with van der Waals surface area (Å²) in [7, 11) is 5.03. The van der Waals surface area contributed by atoms with Gasteiger partial charge in [-0.25, -0.2) is 0 Å². The van der Waals surface area contributed by atoms with Crippen molar-refractivity contribution in [2.45, 2.75) is 24.7 Å². The molecular formula is C9H18N2O3. The minimum absolute atomic E-state index is 0.109. The fourth-order valence-corrected chi connectivity index (χ4v) is 2.16. The third-order valence-corrected chi connectivity index (χ3v) is 2.91. The number of likely N-dealkylation sites (N-methyl/N-ethyl adjacent to an activating group) is 1. The van der Waals surface area contributed by atoms with Gasteiger partial charge in [0.2, 0.25) is 5.91 Å². The Labute approximate surface area is 83.9 Å². The van der Waals surface area contributed by atoms with E-state index in [1.54, 1.807) is 14.2 Å². The van der Waals surface area contributed by atoms with Gasteiger partial charge < -0.3 is 20.5 Å². The normalized spacial score (nSPS) is 37.4. The van der Waals surface area contributed by atoms with Crippen molar-refractivity contribution in [2.24, 2.45) is 11.7 Å². The summed E-state index contributed by atoms with van der Waals surface area (Å²) in [6, 6.07) is 0.127. The number of hydrogen-bond acceptors (Lipinski definition) is 4. The molecule has 4 atom stereocenters. The van der Waals surface area contributed by atoms with E-state index in [2.05, 4.69) is 5.32 Å². The van der Waals surface area contributed by atoms with Crippen LogP contribution in [0.3, 0.4) is 0 Å². The van der Waals surface area contributed by atoms with Crippen LogP contribution < -0.4 is 11.1 Å². The maximum Gasteiger partial charge on any atom is 0.223 e. The summed E-state index contributed by atoms with van der Waals surface area (Å²) in [6.07, 6.45) is 0.320. The van der Waals surface area contributed by atoms with E-state index in [0.29, 0.717) is 6.42 Å². The summed E-state index contributed by atoms with van der Waals surface area (Å²) in [6.45, 7) is 0. The Morgan fingerprint density at radius 3 is 2.29 bits per heavy atom. The summed E-state index contributed by atoms with van der Waals surface area (Å²) in [4.78, 5) is 11.2. The Hall–Kier alpha value is -0.650. The van der Waals surface area contributed by atoms with Crippen molar-refractivity contribution in [1.29, 1.82) is 0 Å². The SMILES string of the molecule is CN[C@@H]1C[C@H](C(N)=O)[C@@H](OC)[C@H]1OC. The zero-order valence-corrected chi connectivity index (χ0v) is 8.82. The Morgan fingerprint density at radius 2 is 1.93 bits per heavy atom. The Bertz CT molecular complexity index is 210. The number of nitrogens with one attached hydrogen (secondary N) is 1. The standard InChI is InChI=1S/C9H18N2O3/c1-11-6-4-5(9(10)12)7(13-2)8(6)14-3/h5-8,11H,4H2,1-3H3,(H2,10,12)/t5-,6+,7+,8-/m0/s1. The first kappa shape index (κ1) is 11.4. The summed E-state index contributed by atoms with van der Waals surface area (Å²) in [5.41, 5.74) is 5.30. The molecule has 0 aliphatic heterocycles. The molecule has 82 valence electrons. The van der Waals surface area contributed by atoms with Crippen LogP contribution in [0.25, 0.3) is 0 Å². The molecule has 5 heteroatoms. The smallest absolute Gasteiger partial charge is 0.223 e. The Morgan fingerprint density at radius 1 is 1.36 bits per heavy atom. The molecule has 0 radical (unpaired) electrons. The fraction of sp³-hybridized carbons (Fsp3) is 0.889. The van der Waals surface area contributed by atoms with E-state index in [-0.39, 0.29) is 30.1 Å². The molecule has 1 fully saturated rings. The van der Waals surface area contributed by atoms with Crippen LogP contribution in [0, 0.1) is 5.92 Å². The lowest BCUT2D eigenvalue weighted by atomic mass is 10.1. The predicted molar refractivity (Wildman–Crippen MR) is 51.7 cm³/mol. The van der Waals surface area contributed by atoms with Crippen LogP contribution in [-0.2, 0) is 14.3 Å². The molecule has 0 aromatic heterocycles. The van der Waals surface area contributed by atoms with Gasteiger partial charge in [-0.05, 0) is 13.5 Å². The molecule has 0 heterocycles. The van der Waals surface area contributed by atoms with Crippen LogP contribution in [0.5, 0.6) is 0 Å². The third-order valence-electron chi connectivity index (χ3n) is 2.91. The molecule has 5 nitrogen and oxygen atoms in total. The van der Waals surface area contributed by atoms with Crippen LogP contribution >= 0.6 is 0 Å². The van der Waals surface area contributed by atoms with E-state index in [1.807, 2.05) is 7.05 Å². The fourth-order valence-electron chi connectivity index (χ4n) is 2.16. The van der Waals surface area contributed by atoms with Crippen molar-refractivity contribution in [2.75, 3.05) is 21.3 Å². The lowest BCUT2D eigenvalue weighted by molar-refractivity contribution is -0.127. The van der Waals surface area contributed by atoms with Crippen molar-refractivity contribution in [3.63, 3.8) is 0 Å². The van der Waals surface area contributed by atoms with Gasteiger partial charge in [-0.15, -0.1) is 0 Å². The average Bonchev–Trinajstić information content (AvgIpc) is 2.54. The van der Waals surface area contributed by atoms with Crippen LogP contribution in [0.4, 0.5) is 0 Å². The van der Waals surface area contributed by atoms with Gasteiger partial charge in [0.1, 0.15) is 0 Å². The van der Waals surface area contributed by atoms with Gasteiger partial charge >= 0.3 is 0 Å². The minimum Gasteiger partial charge on any atom is -0.378 e. The summed E-state index contributed by atoms with van der Waals surface area (Å²) < 4.78 is 10.6. The number of ether oxygens (including phenoxy) is 2. The molecule has 14 heavy (non-hydrogen) atoms. The minimum atomic E-state index is -0.323. The lowest BCUT2D eigenvalue weighted by Gasteiger charge is -2.23. The average molecular weight is 202 g/mol. The molecular weight excluding hydrogens is 184 g/mol. The lowest BCUT2D eigenvalue weighted by Crippen LogP contribution is -2.41. The van der Waals surface area contributed by atoms with Crippen LogP contribution in [0.15, 0.2) is 0 Å². The summed E-state index contributed by atoms with van der Waals surface area (Å²) >= 11 is 0. The Balaban J connectivity index is 2.78. The highest BCUT2D eigenvalue weighted by Gasteiger charge is 2.45. The van der Waals surface area contributed by atoms with E-state index in [0.717, 1.165) is 0 Å². The largest absolute Gasteiger partial charge is 0.378 e. The van der Waals surface area contributed by atoms with E-state index in [4.69, 9.17) is 15.2 Å². The maximum atomic E-state index is 11.2. The number of methoxy groups -OCH3 is 2. The van der Waals surface area contributed by atoms with Gasteiger partial charge in [0.25, 0.3) is 0 Å². The topological polar surface area (TPSA) is 73.6 Å². The molecule has 0 spiro atoms. The molecule has 0 bridgehead atoms.